The Kier molecular flexibility index (Phi) is 2.52. The van der Waals surface area contributed by atoms with Crippen LogP contribution in [0.3, 0.4) is 0 Å². The molecule has 2 unspecified atom stereocenters. The largest absolute Gasteiger partial charge is 0.464 e. The zero-order valence-corrected chi connectivity index (χ0v) is 9.63. The fraction of sp³-hybridized carbons (Fsp3) is 0.917. The van der Waals surface area contributed by atoms with Crippen molar-refractivity contribution in [3.63, 3.8) is 0 Å². The van der Waals surface area contributed by atoms with Gasteiger partial charge in [0.2, 0.25) is 5.67 Å². The van der Waals surface area contributed by atoms with E-state index in [1.165, 1.54) is 0 Å². The van der Waals surface area contributed by atoms with E-state index in [0.29, 0.717) is 11.8 Å². The Morgan fingerprint density at radius 3 is 2.40 bits per heavy atom. The Labute approximate surface area is 90.2 Å². The van der Waals surface area contributed by atoms with Crippen molar-refractivity contribution in [2.24, 2.45) is 23.7 Å². The van der Waals surface area contributed by atoms with Gasteiger partial charge >= 0.3 is 5.97 Å². The van der Waals surface area contributed by atoms with E-state index >= 15 is 0 Å². The number of halogens is 1. The molecule has 0 spiro atoms. The number of hydrogen-bond acceptors (Lipinski definition) is 2. The molecule has 0 saturated heterocycles. The first-order chi connectivity index (χ1) is 7.01. The number of rotatable bonds is 3. The molecular formula is C12H19FO2. The summed E-state index contributed by atoms with van der Waals surface area (Å²) in [6, 6.07) is 0. The monoisotopic (exact) mass is 214 g/mol. The van der Waals surface area contributed by atoms with Crippen molar-refractivity contribution in [3.05, 3.63) is 0 Å². The van der Waals surface area contributed by atoms with Gasteiger partial charge in [-0.1, -0.05) is 13.8 Å². The van der Waals surface area contributed by atoms with E-state index in [-0.39, 0.29) is 18.4 Å². The lowest BCUT2D eigenvalue weighted by molar-refractivity contribution is -0.153. The molecule has 2 saturated carbocycles. The van der Waals surface area contributed by atoms with Crippen molar-refractivity contribution in [3.8, 4) is 0 Å². The van der Waals surface area contributed by atoms with Crippen LogP contribution >= 0.6 is 0 Å². The highest BCUT2D eigenvalue weighted by molar-refractivity contribution is 5.84. The van der Waals surface area contributed by atoms with Crippen LogP contribution in [0.1, 0.15) is 33.6 Å². The smallest absolute Gasteiger partial charge is 0.344 e. The molecule has 2 aliphatic carbocycles. The summed E-state index contributed by atoms with van der Waals surface area (Å²) in [4.78, 5) is 11.4. The summed E-state index contributed by atoms with van der Waals surface area (Å²) in [7, 11) is 0. The fourth-order valence-corrected chi connectivity index (χ4v) is 3.01. The van der Waals surface area contributed by atoms with Gasteiger partial charge in [0.15, 0.2) is 0 Å². The van der Waals surface area contributed by atoms with Crippen LogP contribution in [-0.4, -0.2) is 18.2 Å². The summed E-state index contributed by atoms with van der Waals surface area (Å²) in [6.45, 7) is 6.33. The molecule has 2 aliphatic rings. The summed E-state index contributed by atoms with van der Waals surface area (Å²) < 4.78 is 18.9. The summed E-state index contributed by atoms with van der Waals surface area (Å²) >= 11 is 0. The SMILES string of the molecule is CCOC(=O)C1(F)C2CC(C(C)C)CC21. The van der Waals surface area contributed by atoms with Crippen LogP contribution in [-0.2, 0) is 9.53 Å². The number of carbonyl (C=O) groups excluding carboxylic acids is 1. The highest BCUT2D eigenvalue weighted by Gasteiger charge is 2.75. The number of fused-ring (bicyclic) bond motifs is 1. The number of carbonyl (C=O) groups is 1. The second-order valence-electron chi connectivity index (χ2n) is 5.18. The lowest BCUT2D eigenvalue weighted by Crippen LogP contribution is -2.28. The minimum atomic E-state index is -1.62. The Bertz CT molecular complexity index is 263. The van der Waals surface area contributed by atoms with Gasteiger partial charge in [0, 0.05) is 11.8 Å². The summed E-state index contributed by atoms with van der Waals surface area (Å²) in [5.41, 5.74) is -1.62. The van der Waals surface area contributed by atoms with Gasteiger partial charge in [-0.15, -0.1) is 0 Å². The van der Waals surface area contributed by atoms with Crippen LogP contribution in [0.25, 0.3) is 0 Å². The Hall–Kier alpha value is -0.600. The zero-order valence-electron chi connectivity index (χ0n) is 9.63. The number of esters is 1. The van der Waals surface area contributed by atoms with Gasteiger partial charge in [-0.2, -0.15) is 0 Å². The van der Waals surface area contributed by atoms with Crippen LogP contribution in [0, 0.1) is 23.7 Å². The molecule has 2 atom stereocenters. The summed E-state index contributed by atoms with van der Waals surface area (Å²) in [5.74, 6) is 0.470. The normalized spacial score (nSPS) is 42.9. The second-order valence-corrected chi connectivity index (χ2v) is 5.18. The van der Waals surface area contributed by atoms with Gasteiger partial charge in [-0.3, -0.25) is 0 Å². The lowest BCUT2D eigenvalue weighted by atomic mass is 9.89. The quantitative estimate of drug-likeness (QED) is 0.675. The van der Waals surface area contributed by atoms with E-state index in [4.69, 9.17) is 4.74 Å². The Morgan fingerprint density at radius 1 is 1.47 bits per heavy atom. The van der Waals surface area contributed by atoms with Crippen molar-refractivity contribution in [1.29, 1.82) is 0 Å². The molecule has 0 N–H and O–H groups in total. The molecule has 86 valence electrons. The van der Waals surface area contributed by atoms with Crippen LogP contribution in [0.2, 0.25) is 0 Å². The molecule has 2 nitrogen and oxygen atoms in total. The molecule has 0 aromatic rings. The standard InChI is InChI=1S/C12H19FO2/c1-4-15-11(14)12(13)9-5-8(7(2)3)6-10(9)12/h7-10H,4-6H2,1-3H3. The van der Waals surface area contributed by atoms with E-state index in [2.05, 4.69) is 13.8 Å². The average Bonchev–Trinajstić information content (AvgIpc) is 2.62. The van der Waals surface area contributed by atoms with E-state index in [1.54, 1.807) is 6.92 Å². The average molecular weight is 214 g/mol. The van der Waals surface area contributed by atoms with Crippen LogP contribution < -0.4 is 0 Å². The Balaban J connectivity index is 1.95. The van der Waals surface area contributed by atoms with Crippen LogP contribution in [0.15, 0.2) is 0 Å². The third kappa shape index (κ3) is 1.47. The van der Waals surface area contributed by atoms with Gasteiger partial charge in [-0.25, -0.2) is 9.18 Å². The summed E-state index contributed by atoms with van der Waals surface area (Å²) in [6.07, 6.45) is 1.72. The van der Waals surface area contributed by atoms with E-state index in [9.17, 15) is 9.18 Å². The van der Waals surface area contributed by atoms with Crippen LogP contribution in [0.5, 0.6) is 0 Å². The molecule has 0 radical (unpaired) electrons. The number of ether oxygens (including phenoxy) is 1. The zero-order chi connectivity index (χ0) is 11.2. The molecule has 2 rings (SSSR count). The molecule has 3 heteroatoms. The molecule has 2 fully saturated rings. The topological polar surface area (TPSA) is 26.3 Å². The van der Waals surface area contributed by atoms with Gasteiger partial charge in [0.05, 0.1) is 6.61 Å². The third-order valence-corrected chi connectivity index (χ3v) is 4.10. The predicted molar refractivity (Wildman–Crippen MR) is 55.0 cm³/mol. The minimum absolute atomic E-state index is 0.0519. The third-order valence-electron chi connectivity index (χ3n) is 4.10. The first-order valence-electron chi connectivity index (χ1n) is 5.87. The van der Waals surface area contributed by atoms with Gasteiger partial charge < -0.3 is 4.74 Å². The molecule has 0 aromatic carbocycles. The number of hydrogen-bond donors (Lipinski definition) is 0. The maximum absolute atomic E-state index is 14.2. The highest BCUT2D eigenvalue weighted by atomic mass is 19.1. The van der Waals surface area contributed by atoms with Gasteiger partial charge in [0.25, 0.3) is 0 Å². The van der Waals surface area contributed by atoms with Crippen molar-refractivity contribution >= 4 is 5.97 Å². The molecule has 15 heavy (non-hydrogen) atoms. The van der Waals surface area contributed by atoms with Crippen molar-refractivity contribution in [1.82, 2.24) is 0 Å². The highest BCUT2D eigenvalue weighted by Crippen LogP contribution is 2.66. The van der Waals surface area contributed by atoms with Crippen molar-refractivity contribution in [2.45, 2.75) is 39.3 Å². The van der Waals surface area contributed by atoms with Crippen molar-refractivity contribution < 1.29 is 13.9 Å². The van der Waals surface area contributed by atoms with Crippen molar-refractivity contribution in [2.75, 3.05) is 6.61 Å². The van der Waals surface area contributed by atoms with E-state index in [1.807, 2.05) is 0 Å². The summed E-state index contributed by atoms with van der Waals surface area (Å²) in [5, 5.41) is 0. The molecule has 0 aliphatic heterocycles. The first kappa shape index (κ1) is 10.9. The van der Waals surface area contributed by atoms with Gasteiger partial charge in [-0.05, 0) is 31.6 Å². The lowest BCUT2D eigenvalue weighted by Gasteiger charge is -2.19. The van der Waals surface area contributed by atoms with E-state index in [0.717, 1.165) is 12.8 Å². The number of alkyl halides is 1. The van der Waals surface area contributed by atoms with E-state index < -0.39 is 11.6 Å². The van der Waals surface area contributed by atoms with Crippen LogP contribution in [0.4, 0.5) is 4.39 Å². The fourth-order valence-electron chi connectivity index (χ4n) is 3.01. The first-order valence-corrected chi connectivity index (χ1v) is 5.87. The van der Waals surface area contributed by atoms with Gasteiger partial charge in [0.1, 0.15) is 0 Å². The molecule has 0 aromatic heterocycles. The molecular weight excluding hydrogens is 195 g/mol. The molecule has 0 bridgehead atoms. The maximum atomic E-state index is 14.2. The molecule has 0 amide bonds. The maximum Gasteiger partial charge on any atom is 0.344 e. The molecule has 0 heterocycles. The predicted octanol–water partition coefficient (Wildman–Crippen LogP) is 2.57. The minimum Gasteiger partial charge on any atom is -0.464 e. The Morgan fingerprint density at radius 2 is 2.00 bits per heavy atom. The second kappa shape index (κ2) is 3.46.